The molecule has 434 valence electrons. The van der Waals surface area contributed by atoms with E-state index < -0.39 is 6.10 Å². The first-order valence-electron chi connectivity index (χ1n) is 32.4. The Morgan fingerprint density at radius 3 is 0.827 bits per heavy atom. The summed E-state index contributed by atoms with van der Waals surface area (Å²) in [5.41, 5.74) is 0. The standard InChI is InChI=1S/C69H122O6/c1-4-7-10-13-16-19-22-24-26-27-28-29-30-31-32-33-34-35-36-37-38-39-40-41-43-44-47-50-53-56-59-62-68(71)74-65-66(64-73-67(70)61-58-55-52-49-46-21-18-15-12-9-6-3)75-69(72)63-60-57-54-51-48-45-42-25-23-20-17-14-11-8-5-2/h15,17-18,20,22,24-25,27-28,30-31,42,66H,4-14,16,19,21,23,26,29,32-41,43-65H2,1-3H3/b18-15-,20-17-,24-22-,28-27-,31-30-,42-25-. The second kappa shape index (κ2) is 63.4. The Morgan fingerprint density at radius 2 is 0.493 bits per heavy atom. The molecular formula is C69H122O6. The minimum absolute atomic E-state index is 0.0816. The van der Waals surface area contributed by atoms with Gasteiger partial charge in [0.25, 0.3) is 0 Å². The molecule has 0 aromatic heterocycles. The van der Waals surface area contributed by atoms with Gasteiger partial charge in [-0.3, -0.25) is 14.4 Å². The molecule has 0 heterocycles. The maximum absolute atomic E-state index is 12.9. The normalized spacial score (nSPS) is 12.5. The van der Waals surface area contributed by atoms with Crippen molar-refractivity contribution < 1.29 is 28.6 Å². The number of hydrogen-bond acceptors (Lipinski definition) is 6. The summed E-state index contributed by atoms with van der Waals surface area (Å²) in [6, 6.07) is 0. The summed E-state index contributed by atoms with van der Waals surface area (Å²) in [5.74, 6) is -0.894. The van der Waals surface area contributed by atoms with Crippen LogP contribution < -0.4 is 0 Å². The molecule has 1 unspecified atom stereocenters. The Kier molecular flexibility index (Phi) is 60.7. The van der Waals surface area contributed by atoms with E-state index in [2.05, 4.69) is 93.7 Å². The van der Waals surface area contributed by atoms with Crippen LogP contribution in [0.1, 0.15) is 329 Å². The molecule has 0 N–H and O–H groups in total. The smallest absolute Gasteiger partial charge is 0.306 e. The van der Waals surface area contributed by atoms with Gasteiger partial charge in [-0.1, -0.05) is 273 Å². The van der Waals surface area contributed by atoms with Crippen LogP contribution in [0, 0.1) is 0 Å². The zero-order valence-corrected chi connectivity index (χ0v) is 49.8. The Labute approximate surface area is 465 Å². The van der Waals surface area contributed by atoms with Crippen LogP contribution in [0.2, 0.25) is 0 Å². The molecule has 0 aromatic rings. The number of allylic oxidation sites excluding steroid dienone is 12. The minimum Gasteiger partial charge on any atom is -0.462 e. The predicted molar refractivity (Wildman–Crippen MR) is 325 cm³/mol. The molecule has 0 aliphatic rings. The molecule has 0 radical (unpaired) electrons. The largest absolute Gasteiger partial charge is 0.462 e. The number of hydrogen-bond donors (Lipinski definition) is 0. The van der Waals surface area contributed by atoms with E-state index in [1.165, 1.54) is 186 Å². The molecule has 6 heteroatoms. The van der Waals surface area contributed by atoms with Gasteiger partial charge in [0.05, 0.1) is 0 Å². The molecule has 0 fully saturated rings. The molecule has 75 heavy (non-hydrogen) atoms. The fraction of sp³-hybridized carbons (Fsp3) is 0.783. The van der Waals surface area contributed by atoms with Gasteiger partial charge >= 0.3 is 17.9 Å². The van der Waals surface area contributed by atoms with E-state index in [-0.39, 0.29) is 31.1 Å². The minimum atomic E-state index is -0.785. The molecule has 0 aliphatic carbocycles. The van der Waals surface area contributed by atoms with Gasteiger partial charge in [0, 0.05) is 19.3 Å². The van der Waals surface area contributed by atoms with Gasteiger partial charge in [-0.25, -0.2) is 0 Å². The number of esters is 3. The predicted octanol–water partition coefficient (Wildman–Crippen LogP) is 22.1. The number of carbonyl (C=O) groups excluding carboxylic acids is 3. The van der Waals surface area contributed by atoms with Crippen molar-refractivity contribution in [3.05, 3.63) is 72.9 Å². The van der Waals surface area contributed by atoms with Crippen LogP contribution in [-0.2, 0) is 28.6 Å². The van der Waals surface area contributed by atoms with Crippen LogP contribution in [0.4, 0.5) is 0 Å². The summed E-state index contributed by atoms with van der Waals surface area (Å²) in [6.45, 7) is 6.57. The molecule has 0 rings (SSSR count). The lowest BCUT2D eigenvalue weighted by Gasteiger charge is -2.18. The number of carbonyl (C=O) groups is 3. The van der Waals surface area contributed by atoms with E-state index in [4.69, 9.17) is 14.2 Å². The summed E-state index contributed by atoms with van der Waals surface area (Å²) < 4.78 is 16.9. The van der Waals surface area contributed by atoms with Crippen LogP contribution in [-0.4, -0.2) is 37.2 Å². The topological polar surface area (TPSA) is 78.9 Å². The second-order valence-electron chi connectivity index (χ2n) is 21.7. The Balaban J connectivity index is 4.15. The van der Waals surface area contributed by atoms with Crippen LogP contribution in [0.5, 0.6) is 0 Å². The van der Waals surface area contributed by atoms with Crippen molar-refractivity contribution >= 4 is 17.9 Å². The quantitative estimate of drug-likeness (QED) is 0.0261. The summed E-state index contributed by atoms with van der Waals surface area (Å²) in [6.07, 6.45) is 82.1. The fourth-order valence-corrected chi connectivity index (χ4v) is 9.23. The van der Waals surface area contributed by atoms with E-state index in [0.29, 0.717) is 19.3 Å². The third kappa shape index (κ3) is 61.6. The monoisotopic (exact) mass is 1050 g/mol. The third-order valence-corrected chi connectivity index (χ3v) is 14.2. The van der Waals surface area contributed by atoms with E-state index in [9.17, 15) is 14.4 Å². The molecule has 1 atom stereocenters. The zero-order chi connectivity index (χ0) is 54.3. The molecule has 6 nitrogen and oxygen atoms in total. The number of rotatable bonds is 59. The van der Waals surface area contributed by atoms with Crippen molar-refractivity contribution in [1.29, 1.82) is 0 Å². The lowest BCUT2D eigenvalue weighted by Crippen LogP contribution is -2.30. The highest BCUT2D eigenvalue weighted by molar-refractivity contribution is 5.71. The van der Waals surface area contributed by atoms with E-state index in [1.54, 1.807) is 0 Å². The maximum atomic E-state index is 12.9. The molecular weight excluding hydrogens is 925 g/mol. The van der Waals surface area contributed by atoms with Gasteiger partial charge in [-0.05, 0) is 109 Å². The van der Waals surface area contributed by atoms with Crippen LogP contribution in [0.3, 0.4) is 0 Å². The number of ether oxygens (including phenoxy) is 3. The third-order valence-electron chi connectivity index (χ3n) is 14.2. The maximum Gasteiger partial charge on any atom is 0.306 e. The molecule has 0 spiro atoms. The Hall–Kier alpha value is -3.15. The highest BCUT2D eigenvalue weighted by Gasteiger charge is 2.19. The van der Waals surface area contributed by atoms with Crippen molar-refractivity contribution in [1.82, 2.24) is 0 Å². The summed E-state index contributed by atoms with van der Waals surface area (Å²) >= 11 is 0. The van der Waals surface area contributed by atoms with Gasteiger partial charge < -0.3 is 14.2 Å². The lowest BCUT2D eigenvalue weighted by atomic mass is 10.0. The molecule has 0 saturated carbocycles. The van der Waals surface area contributed by atoms with Crippen LogP contribution >= 0.6 is 0 Å². The molecule has 0 saturated heterocycles. The average Bonchev–Trinajstić information content (AvgIpc) is 3.41. The van der Waals surface area contributed by atoms with Crippen molar-refractivity contribution in [3.63, 3.8) is 0 Å². The SMILES string of the molecule is CCCC/C=C\CCCCCCCC(=O)OCC(COC(=O)CCCCCCCCCCCCCCCCCC/C=C\C/C=C\C/C=C\CCCCCCC)OC(=O)CCCCCCC/C=C\C/C=C\CCCCC. The van der Waals surface area contributed by atoms with Crippen LogP contribution in [0.25, 0.3) is 0 Å². The average molecular weight is 1050 g/mol. The first kappa shape index (κ1) is 71.8. The van der Waals surface area contributed by atoms with Gasteiger partial charge in [-0.15, -0.1) is 0 Å². The van der Waals surface area contributed by atoms with Gasteiger partial charge in [-0.2, -0.15) is 0 Å². The summed E-state index contributed by atoms with van der Waals surface area (Å²) in [4.78, 5) is 38.2. The van der Waals surface area contributed by atoms with Crippen molar-refractivity contribution in [2.45, 2.75) is 335 Å². The first-order valence-corrected chi connectivity index (χ1v) is 32.4. The summed E-state index contributed by atoms with van der Waals surface area (Å²) in [5, 5.41) is 0. The molecule has 0 bridgehead atoms. The Bertz CT molecular complexity index is 1390. The fourth-order valence-electron chi connectivity index (χ4n) is 9.23. The first-order chi connectivity index (χ1) is 37.0. The van der Waals surface area contributed by atoms with Crippen molar-refractivity contribution in [3.8, 4) is 0 Å². The van der Waals surface area contributed by atoms with E-state index >= 15 is 0 Å². The lowest BCUT2D eigenvalue weighted by molar-refractivity contribution is -0.167. The van der Waals surface area contributed by atoms with Gasteiger partial charge in [0.2, 0.25) is 0 Å². The second-order valence-corrected chi connectivity index (χ2v) is 21.7. The molecule has 0 aromatic carbocycles. The molecule has 0 aliphatic heterocycles. The van der Waals surface area contributed by atoms with Crippen molar-refractivity contribution in [2.75, 3.05) is 13.2 Å². The zero-order valence-electron chi connectivity index (χ0n) is 49.8. The van der Waals surface area contributed by atoms with E-state index in [1.807, 2.05) is 0 Å². The Morgan fingerprint density at radius 1 is 0.267 bits per heavy atom. The van der Waals surface area contributed by atoms with Gasteiger partial charge in [0.15, 0.2) is 6.10 Å². The van der Waals surface area contributed by atoms with E-state index in [0.717, 1.165) is 103 Å². The van der Waals surface area contributed by atoms with Crippen LogP contribution in [0.15, 0.2) is 72.9 Å². The number of unbranched alkanes of at least 4 members (excludes halogenated alkanes) is 36. The summed E-state index contributed by atoms with van der Waals surface area (Å²) in [7, 11) is 0. The highest BCUT2D eigenvalue weighted by atomic mass is 16.6. The highest BCUT2D eigenvalue weighted by Crippen LogP contribution is 2.17. The molecule has 0 amide bonds. The van der Waals surface area contributed by atoms with Crippen molar-refractivity contribution in [2.24, 2.45) is 0 Å². The van der Waals surface area contributed by atoms with Gasteiger partial charge in [0.1, 0.15) is 13.2 Å².